The molecule has 0 heterocycles. The summed E-state index contributed by atoms with van der Waals surface area (Å²) in [6, 6.07) is 29.1. The Bertz CT molecular complexity index is 1640. The number of aryl methyl sites for hydroxylation is 2. The molecule has 0 bridgehead atoms. The van der Waals surface area contributed by atoms with Crippen LogP contribution in [0, 0.1) is 13.8 Å². The van der Waals surface area contributed by atoms with Gasteiger partial charge in [0.15, 0.2) is 0 Å². The van der Waals surface area contributed by atoms with Crippen LogP contribution >= 0.6 is 11.6 Å². The Morgan fingerprint density at radius 2 is 1.44 bits per heavy atom. The summed E-state index contributed by atoms with van der Waals surface area (Å²) in [4.78, 5) is 29.5. The van der Waals surface area contributed by atoms with Gasteiger partial charge in [0, 0.05) is 24.5 Å². The number of rotatable bonds is 12. The summed E-state index contributed by atoms with van der Waals surface area (Å²) in [6.45, 7) is 5.45. The smallest absolute Gasteiger partial charge is 0.264 e. The van der Waals surface area contributed by atoms with Crippen LogP contribution in [0.3, 0.4) is 0 Å². The van der Waals surface area contributed by atoms with Gasteiger partial charge in [0.05, 0.1) is 10.6 Å². The molecule has 1 N–H and O–H groups in total. The lowest BCUT2D eigenvalue weighted by molar-refractivity contribution is -0.140. The second-order valence-electron chi connectivity index (χ2n) is 10.4. The lowest BCUT2D eigenvalue weighted by atomic mass is 10.0. The third-order valence-electron chi connectivity index (χ3n) is 7.16. The van der Waals surface area contributed by atoms with Crippen molar-refractivity contribution >= 4 is 39.1 Å². The van der Waals surface area contributed by atoms with Crippen molar-refractivity contribution in [1.82, 2.24) is 10.2 Å². The van der Waals surface area contributed by atoms with E-state index in [0.717, 1.165) is 21.0 Å². The Labute approximate surface area is 259 Å². The van der Waals surface area contributed by atoms with Crippen LogP contribution in [0.25, 0.3) is 0 Å². The van der Waals surface area contributed by atoms with E-state index in [2.05, 4.69) is 5.32 Å². The van der Waals surface area contributed by atoms with Crippen molar-refractivity contribution in [2.24, 2.45) is 0 Å². The van der Waals surface area contributed by atoms with Gasteiger partial charge in [0.25, 0.3) is 10.0 Å². The summed E-state index contributed by atoms with van der Waals surface area (Å²) in [5.74, 6) is -0.835. The van der Waals surface area contributed by atoms with Crippen molar-refractivity contribution in [1.29, 1.82) is 0 Å². The zero-order valence-electron chi connectivity index (χ0n) is 24.5. The van der Waals surface area contributed by atoms with Crippen LogP contribution in [-0.4, -0.2) is 44.3 Å². The molecule has 9 heteroatoms. The second kappa shape index (κ2) is 14.4. The highest BCUT2D eigenvalue weighted by Crippen LogP contribution is 2.28. The number of anilines is 1. The molecule has 0 aliphatic carbocycles. The Morgan fingerprint density at radius 1 is 0.814 bits per heavy atom. The first-order chi connectivity index (χ1) is 20.6. The number of sulfonamides is 1. The number of amides is 2. The largest absolute Gasteiger partial charge is 0.355 e. The Hall–Kier alpha value is -4.14. The summed E-state index contributed by atoms with van der Waals surface area (Å²) < 4.78 is 29.4. The highest BCUT2D eigenvalue weighted by molar-refractivity contribution is 7.92. The third kappa shape index (κ3) is 8.03. The molecule has 43 heavy (non-hydrogen) atoms. The highest BCUT2D eigenvalue weighted by Gasteiger charge is 2.34. The molecule has 0 spiro atoms. The van der Waals surface area contributed by atoms with Crippen molar-refractivity contribution in [3.05, 3.63) is 130 Å². The topological polar surface area (TPSA) is 86.8 Å². The van der Waals surface area contributed by atoms with Gasteiger partial charge in [0.2, 0.25) is 11.8 Å². The fraction of sp³-hybridized carbons (Fsp3) is 0.235. The molecule has 1 unspecified atom stereocenters. The number of nitrogens with one attached hydrogen (secondary N) is 1. The maximum atomic E-state index is 14.4. The van der Waals surface area contributed by atoms with Crippen molar-refractivity contribution in [2.45, 2.75) is 44.7 Å². The minimum Gasteiger partial charge on any atom is -0.355 e. The molecule has 0 saturated heterocycles. The van der Waals surface area contributed by atoms with Gasteiger partial charge in [-0.3, -0.25) is 13.9 Å². The SMILES string of the molecule is CCNC(=O)C(Cc1ccccc1)N(Cc1ccc(Cl)cc1)C(=O)CN(c1ccccc1C)S(=O)(=O)c1ccc(C)cc1. The van der Waals surface area contributed by atoms with Crippen LogP contribution < -0.4 is 9.62 Å². The maximum absolute atomic E-state index is 14.4. The Kier molecular flexibility index (Phi) is 10.6. The van der Waals surface area contributed by atoms with Crippen LogP contribution in [0.4, 0.5) is 5.69 Å². The molecule has 224 valence electrons. The monoisotopic (exact) mass is 617 g/mol. The number of carbonyl (C=O) groups excluding carboxylic acids is 2. The number of likely N-dealkylation sites (N-methyl/N-ethyl adjacent to an activating group) is 1. The van der Waals surface area contributed by atoms with Gasteiger partial charge in [-0.15, -0.1) is 0 Å². The summed E-state index contributed by atoms with van der Waals surface area (Å²) >= 11 is 6.12. The molecule has 2 amide bonds. The van der Waals surface area contributed by atoms with E-state index in [1.165, 1.54) is 4.90 Å². The number of hydrogen-bond acceptors (Lipinski definition) is 4. The van der Waals surface area contributed by atoms with Gasteiger partial charge >= 0.3 is 0 Å². The van der Waals surface area contributed by atoms with Crippen LogP contribution in [0.2, 0.25) is 5.02 Å². The molecule has 0 fully saturated rings. The minimum atomic E-state index is -4.15. The zero-order valence-corrected chi connectivity index (χ0v) is 26.1. The molecule has 0 radical (unpaired) electrons. The number of nitrogens with zero attached hydrogens (tertiary/aromatic N) is 2. The quantitative estimate of drug-likeness (QED) is 0.214. The van der Waals surface area contributed by atoms with E-state index in [4.69, 9.17) is 11.6 Å². The van der Waals surface area contributed by atoms with E-state index >= 15 is 0 Å². The lowest BCUT2D eigenvalue weighted by Gasteiger charge is -2.34. The van der Waals surface area contributed by atoms with Crippen LogP contribution in [-0.2, 0) is 32.6 Å². The van der Waals surface area contributed by atoms with Crippen molar-refractivity contribution in [3.63, 3.8) is 0 Å². The van der Waals surface area contributed by atoms with Crippen molar-refractivity contribution < 1.29 is 18.0 Å². The van der Waals surface area contributed by atoms with Gasteiger partial charge in [-0.1, -0.05) is 90.0 Å². The van der Waals surface area contributed by atoms with Crippen LogP contribution in [0.15, 0.2) is 108 Å². The zero-order chi connectivity index (χ0) is 31.0. The lowest BCUT2D eigenvalue weighted by Crippen LogP contribution is -2.53. The van der Waals surface area contributed by atoms with Gasteiger partial charge in [-0.25, -0.2) is 8.42 Å². The van der Waals surface area contributed by atoms with E-state index in [9.17, 15) is 18.0 Å². The van der Waals surface area contributed by atoms with Gasteiger partial charge in [-0.05, 0) is 67.8 Å². The average molecular weight is 618 g/mol. The van der Waals surface area contributed by atoms with E-state index < -0.39 is 28.5 Å². The van der Waals surface area contributed by atoms with Gasteiger partial charge in [0.1, 0.15) is 12.6 Å². The number of hydrogen-bond donors (Lipinski definition) is 1. The predicted molar refractivity (Wildman–Crippen MR) is 172 cm³/mol. The van der Waals surface area contributed by atoms with Crippen LogP contribution in [0.5, 0.6) is 0 Å². The molecule has 0 aliphatic rings. The molecule has 7 nitrogen and oxygen atoms in total. The first kappa shape index (κ1) is 31.8. The molecule has 4 aromatic carbocycles. The molecular formula is C34H36ClN3O4S. The van der Waals surface area contributed by atoms with E-state index in [-0.39, 0.29) is 23.8 Å². The van der Waals surface area contributed by atoms with Gasteiger partial charge in [-0.2, -0.15) is 0 Å². The van der Waals surface area contributed by atoms with Gasteiger partial charge < -0.3 is 10.2 Å². The molecule has 4 aromatic rings. The minimum absolute atomic E-state index is 0.0722. The number of benzene rings is 4. The molecule has 0 aliphatic heterocycles. The number of halogens is 1. The Balaban J connectivity index is 1.80. The standard InChI is InChI=1S/C34H36ClN3O4S/c1-4-36-34(40)32(22-27-11-6-5-7-12-27)37(23-28-16-18-29(35)19-17-28)33(39)24-38(31-13-9-8-10-26(31)3)43(41,42)30-20-14-25(2)15-21-30/h5-21,32H,4,22-24H2,1-3H3,(H,36,40). The summed E-state index contributed by atoms with van der Waals surface area (Å²) in [5, 5.41) is 3.41. The molecule has 0 saturated carbocycles. The Morgan fingerprint density at radius 3 is 2.07 bits per heavy atom. The maximum Gasteiger partial charge on any atom is 0.264 e. The summed E-state index contributed by atoms with van der Waals surface area (Å²) in [6.07, 6.45) is 0.251. The number of para-hydroxylation sites is 1. The third-order valence-corrected chi connectivity index (χ3v) is 9.19. The highest BCUT2D eigenvalue weighted by atomic mass is 35.5. The summed E-state index contributed by atoms with van der Waals surface area (Å²) in [5.41, 5.74) is 3.62. The van der Waals surface area contributed by atoms with E-state index in [1.54, 1.807) is 73.7 Å². The molecule has 4 rings (SSSR count). The first-order valence-electron chi connectivity index (χ1n) is 14.1. The van der Waals surface area contributed by atoms with E-state index in [1.807, 2.05) is 50.2 Å². The van der Waals surface area contributed by atoms with Crippen molar-refractivity contribution in [3.8, 4) is 0 Å². The first-order valence-corrected chi connectivity index (χ1v) is 15.9. The number of carbonyl (C=O) groups is 2. The fourth-order valence-corrected chi connectivity index (χ4v) is 6.43. The fourth-order valence-electron chi connectivity index (χ4n) is 4.83. The average Bonchev–Trinajstić information content (AvgIpc) is 3.00. The normalized spacial score (nSPS) is 11.9. The van der Waals surface area contributed by atoms with E-state index in [0.29, 0.717) is 22.8 Å². The van der Waals surface area contributed by atoms with Crippen molar-refractivity contribution in [2.75, 3.05) is 17.4 Å². The predicted octanol–water partition coefficient (Wildman–Crippen LogP) is 5.93. The second-order valence-corrected chi connectivity index (χ2v) is 12.7. The molecule has 1 atom stereocenters. The molecular weight excluding hydrogens is 582 g/mol. The summed E-state index contributed by atoms with van der Waals surface area (Å²) in [7, 11) is -4.15. The van der Waals surface area contributed by atoms with Crippen LogP contribution in [0.1, 0.15) is 29.2 Å². The molecule has 0 aromatic heterocycles.